The lowest BCUT2D eigenvalue weighted by atomic mass is 10.4. The highest BCUT2D eigenvalue weighted by atomic mass is 16.5. The molecule has 100 valence electrons. The zero-order valence-corrected chi connectivity index (χ0v) is 11.3. The topological polar surface area (TPSA) is 53.5 Å². The van der Waals surface area contributed by atoms with Crippen LogP contribution in [-0.4, -0.2) is 59.7 Å². The molecule has 0 radical (unpaired) electrons. The number of anilines is 1. The number of piperazine rings is 1. The minimum absolute atomic E-state index is 0.614. The zero-order valence-electron chi connectivity index (χ0n) is 11.3. The predicted octanol–water partition coefficient (Wildman–Crippen LogP) is 0.758. The molecule has 0 unspecified atom stereocenters. The summed E-state index contributed by atoms with van der Waals surface area (Å²) in [5.41, 5.74) is 4.15. The van der Waals surface area contributed by atoms with Crippen LogP contribution < -0.4 is 10.2 Å². The van der Waals surface area contributed by atoms with Crippen molar-refractivity contribution in [1.82, 2.24) is 19.9 Å². The van der Waals surface area contributed by atoms with Crippen LogP contribution in [0.15, 0.2) is 6.07 Å². The molecule has 2 rings (SSSR count). The van der Waals surface area contributed by atoms with Crippen molar-refractivity contribution in [3.63, 3.8) is 0 Å². The van der Waals surface area contributed by atoms with E-state index in [-0.39, 0.29) is 0 Å². The number of aromatic nitrogens is 2. The van der Waals surface area contributed by atoms with E-state index in [1.54, 1.807) is 0 Å². The van der Waals surface area contributed by atoms with E-state index in [9.17, 15) is 0 Å². The van der Waals surface area contributed by atoms with E-state index in [0.717, 1.165) is 31.9 Å². The van der Waals surface area contributed by atoms with Gasteiger partial charge in [0.1, 0.15) is 0 Å². The molecule has 1 aliphatic heterocycles. The van der Waals surface area contributed by atoms with Gasteiger partial charge in [0.25, 0.3) is 0 Å². The first kappa shape index (κ1) is 13.0. The molecule has 1 aromatic heterocycles. The molecule has 0 spiro atoms. The summed E-state index contributed by atoms with van der Waals surface area (Å²) in [5.74, 6) is 1.24. The van der Waals surface area contributed by atoms with E-state index in [1.807, 2.05) is 19.9 Å². The number of hydrazine groups is 1. The molecule has 0 bridgehead atoms. The van der Waals surface area contributed by atoms with Crippen molar-refractivity contribution in [2.75, 3.05) is 45.3 Å². The van der Waals surface area contributed by atoms with Crippen LogP contribution in [-0.2, 0) is 0 Å². The van der Waals surface area contributed by atoms with Crippen LogP contribution in [0.2, 0.25) is 0 Å². The van der Waals surface area contributed by atoms with Gasteiger partial charge >= 0.3 is 0 Å². The van der Waals surface area contributed by atoms with Crippen LogP contribution in [0.5, 0.6) is 5.88 Å². The van der Waals surface area contributed by atoms with Gasteiger partial charge in [0.05, 0.1) is 6.61 Å². The first-order valence-corrected chi connectivity index (χ1v) is 6.36. The van der Waals surface area contributed by atoms with E-state index >= 15 is 0 Å². The van der Waals surface area contributed by atoms with Gasteiger partial charge in [-0.05, 0) is 20.9 Å². The molecule has 0 aromatic carbocycles. The third kappa shape index (κ3) is 3.54. The third-order valence-electron chi connectivity index (χ3n) is 2.88. The number of rotatable bonds is 4. The van der Waals surface area contributed by atoms with E-state index in [0.29, 0.717) is 18.4 Å². The van der Waals surface area contributed by atoms with Gasteiger partial charge in [-0.2, -0.15) is 4.98 Å². The normalized spacial score (nSPS) is 17.7. The Hall–Kier alpha value is -1.40. The van der Waals surface area contributed by atoms with Crippen LogP contribution in [0.3, 0.4) is 0 Å². The standard InChI is InChI=1S/C12H21N5O/c1-4-18-11-9-10(2)13-12(14-11)15-17-7-5-16(3)6-8-17/h9H,4-8H2,1-3H3,(H,13,14,15). The van der Waals surface area contributed by atoms with E-state index in [4.69, 9.17) is 4.74 Å². The summed E-state index contributed by atoms with van der Waals surface area (Å²) >= 11 is 0. The van der Waals surface area contributed by atoms with Gasteiger partial charge in [-0.15, -0.1) is 0 Å². The number of hydrogen-bond donors (Lipinski definition) is 1. The van der Waals surface area contributed by atoms with Crippen molar-refractivity contribution >= 4 is 5.95 Å². The number of aryl methyl sites for hydroxylation is 1. The van der Waals surface area contributed by atoms with Crippen LogP contribution in [0.1, 0.15) is 12.6 Å². The Kier molecular flexibility index (Phi) is 4.33. The smallest absolute Gasteiger partial charge is 0.241 e. The molecule has 1 fully saturated rings. The van der Waals surface area contributed by atoms with Crippen LogP contribution >= 0.6 is 0 Å². The number of nitrogens with zero attached hydrogens (tertiary/aromatic N) is 4. The third-order valence-corrected chi connectivity index (χ3v) is 2.88. The lowest BCUT2D eigenvalue weighted by Crippen LogP contribution is -2.47. The summed E-state index contributed by atoms with van der Waals surface area (Å²) in [7, 11) is 2.13. The van der Waals surface area contributed by atoms with Crippen molar-refractivity contribution in [1.29, 1.82) is 0 Å². The lowest BCUT2D eigenvalue weighted by Gasteiger charge is -2.32. The number of likely N-dealkylation sites (N-methyl/N-ethyl adjacent to an activating group) is 1. The minimum Gasteiger partial charge on any atom is -0.478 e. The molecule has 0 atom stereocenters. The second kappa shape index (κ2) is 5.97. The largest absolute Gasteiger partial charge is 0.478 e. The Morgan fingerprint density at radius 1 is 1.28 bits per heavy atom. The molecule has 1 N–H and O–H groups in total. The Balaban J connectivity index is 2.00. The molecular weight excluding hydrogens is 230 g/mol. The second-order valence-electron chi connectivity index (χ2n) is 4.51. The monoisotopic (exact) mass is 251 g/mol. The van der Waals surface area contributed by atoms with Gasteiger partial charge < -0.3 is 9.64 Å². The van der Waals surface area contributed by atoms with Crippen molar-refractivity contribution in [3.8, 4) is 5.88 Å². The molecule has 2 heterocycles. The summed E-state index contributed by atoms with van der Waals surface area (Å²) in [6, 6.07) is 1.85. The molecular formula is C12H21N5O. The van der Waals surface area contributed by atoms with Crippen molar-refractivity contribution in [3.05, 3.63) is 11.8 Å². The van der Waals surface area contributed by atoms with Crippen molar-refractivity contribution in [2.24, 2.45) is 0 Å². The lowest BCUT2D eigenvalue weighted by molar-refractivity contribution is 0.177. The van der Waals surface area contributed by atoms with E-state index in [2.05, 4.69) is 32.4 Å². The highest BCUT2D eigenvalue weighted by Gasteiger charge is 2.14. The quantitative estimate of drug-likeness (QED) is 0.852. The SMILES string of the molecule is CCOc1cc(C)nc(NN2CCN(C)CC2)n1. The molecule has 1 saturated heterocycles. The molecule has 1 aromatic rings. The summed E-state index contributed by atoms with van der Waals surface area (Å²) in [4.78, 5) is 11.0. The summed E-state index contributed by atoms with van der Waals surface area (Å²) in [6.45, 7) is 8.55. The maximum atomic E-state index is 5.42. The first-order chi connectivity index (χ1) is 8.67. The molecule has 6 nitrogen and oxygen atoms in total. The van der Waals surface area contributed by atoms with E-state index in [1.165, 1.54) is 0 Å². The highest BCUT2D eigenvalue weighted by molar-refractivity contribution is 5.29. The number of hydrogen-bond acceptors (Lipinski definition) is 6. The fourth-order valence-corrected chi connectivity index (χ4v) is 1.87. The van der Waals surface area contributed by atoms with Gasteiger partial charge in [-0.25, -0.2) is 9.99 Å². The van der Waals surface area contributed by atoms with Crippen LogP contribution in [0.25, 0.3) is 0 Å². The zero-order chi connectivity index (χ0) is 13.0. The highest BCUT2D eigenvalue weighted by Crippen LogP contribution is 2.12. The van der Waals surface area contributed by atoms with Gasteiger partial charge in [0.2, 0.25) is 11.8 Å². The average Bonchev–Trinajstić information content (AvgIpc) is 2.32. The molecule has 1 aliphatic rings. The Morgan fingerprint density at radius 2 is 2.00 bits per heavy atom. The van der Waals surface area contributed by atoms with Gasteiger partial charge in [0, 0.05) is 37.9 Å². The summed E-state index contributed by atoms with van der Waals surface area (Å²) in [5, 5.41) is 2.14. The fraction of sp³-hybridized carbons (Fsp3) is 0.667. The molecule has 0 aliphatic carbocycles. The number of ether oxygens (including phenoxy) is 1. The van der Waals surface area contributed by atoms with Gasteiger partial charge in [-0.1, -0.05) is 0 Å². The minimum atomic E-state index is 0.614. The fourth-order valence-electron chi connectivity index (χ4n) is 1.87. The molecule has 0 amide bonds. The average molecular weight is 251 g/mol. The second-order valence-corrected chi connectivity index (χ2v) is 4.51. The number of nitrogens with one attached hydrogen (secondary N) is 1. The Bertz CT molecular complexity index is 390. The van der Waals surface area contributed by atoms with Crippen molar-refractivity contribution < 1.29 is 4.74 Å². The molecule has 18 heavy (non-hydrogen) atoms. The predicted molar refractivity (Wildman–Crippen MR) is 70.6 cm³/mol. The first-order valence-electron chi connectivity index (χ1n) is 6.36. The maximum absolute atomic E-state index is 5.42. The summed E-state index contributed by atoms with van der Waals surface area (Å²) in [6.07, 6.45) is 0. The van der Waals surface area contributed by atoms with E-state index < -0.39 is 0 Å². The van der Waals surface area contributed by atoms with Gasteiger partial charge in [-0.3, -0.25) is 5.43 Å². The molecule has 6 heteroatoms. The van der Waals surface area contributed by atoms with Gasteiger partial charge in [0.15, 0.2) is 0 Å². The summed E-state index contributed by atoms with van der Waals surface area (Å²) < 4.78 is 5.42. The molecule has 0 saturated carbocycles. The van der Waals surface area contributed by atoms with Crippen LogP contribution in [0, 0.1) is 6.92 Å². The maximum Gasteiger partial charge on any atom is 0.241 e. The van der Waals surface area contributed by atoms with Crippen LogP contribution in [0.4, 0.5) is 5.95 Å². The Morgan fingerprint density at radius 3 is 2.67 bits per heavy atom. The Labute approximate surface area is 108 Å². The van der Waals surface area contributed by atoms with Crippen molar-refractivity contribution in [2.45, 2.75) is 13.8 Å².